The van der Waals surface area contributed by atoms with E-state index in [-0.39, 0.29) is 5.97 Å². The first-order chi connectivity index (χ1) is 9.29. The highest BCUT2D eigenvalue weighted by molar-refractivity contribution is 6.08. The first kappa shape index (κ1) is 11.8. The highest BCUT2D eigenvalue weighted by Gasteiger charge is 2.11. The van der Waals surface area contributed by atoms with Crippen LogP contribution in [0, 0.1) is 0 Å². The minimum Gasteiger partial charge on any atom is -0.466 e. The molecule has 0 atom stereocenters. The standard InChI is InChI=1S/C16H15NO2/c1-2-19-15(18)10-11-6-5-8-13-12-7-3-4-9-14(12)17-16(11)13/h3-9,17H,2,10H2,1H3. The van der Waals surface area contributed by atoms with E-state index in [9.17, 15) is 4.79 Å². The maximum Gasteiger partial charge on any atom is 0.310 e. The Labute approximate surface area is 111 Å². The number of rotatable bonds is 3. The van der Waals surface area contributed by atoms with Crippen LogP contribution in [0.5, 0.6) is 0 Å². The fourth-order valence-electron chi connectivity index (χ4n) is 2.45. The van der Waals surface area contributed by atoms with Crippen LogP contribution >= 0.6 is 0 Å². The van der Waals surface area contributed by atoms with Crippen molar-refractivity contribution in [1.29, 1.82) is 0 Å². The molecule has 3 nitrogen and oxygen atoms in total. The predicted octanol–water partition coefficient (Wildman–Crippen LogP) is 3.43. The summed E-state index contributed by atoms with van der Waals surface area (Å²) in [6.07, 6.45) is 0.304. The van der Waals surface area contributed by atoms with Gasteiger partial charge in [-0.15, -0.1) is 0 Å². The van der Waals surface area contributed by atoms with Crippen LogP contribution in [0.3, 0.4) is 0 Å². The van der Waals surface area contributed by atoms with Gasteiger partial charge in [0, 0.05) is 16.3 Å². The van der Waals surface area contributed by atoms with Crippen molar-refractivity contribution in [2.75, 3.05) is 6.61 Å². The monoisotopic (exact) mass is 253 g/mol. The van der Waals surface area contributed by atoms with Gasteiger partial charge in [-0.3, -0.25) is 4.79 Å². The Morgan fingerprint density at radius 2 is 1.89 bits per heavy atom. The van der Waals surface area contributed by atoms with E-state index >= 15 is 0 Å². The average Bonchev–Trinajstić information content (AvgIpc) is 2.79. The molecular formula is C16H15NO2. The second kappa shape index (κ2) is 4.76. The molecular weight excluding hydrogens is 238 g/mol. The first-order valence-electron chi connectivity index (χ1n) is 6.43. The van der Waals surface area contributed by atoms with E-state index in [0.717, 1.165) is 22.0 Å². The van der Waals surface area contributed by atoms with Crippen molar-refractivity contribution in [1.82, 2.24) is 4.98 Å². The van der Waals surface area contributed by atoms with Gasteiger partial charge in [-0.2, -0.15) is 0 Å². The summed E-state index contributed by atoms with van der Waals surface area (Å²) >= 11 is 0. The van der Waals surface area contributed by atoms with Crippen LogP contribution in [0.1, 0.15) is 12.5 Å². The fraction of sp³-hybridized carbons (Fsp3) is 0.188. The molecule has 19 heavy (non-hydrogen) atoms. The highest BCUT2D eigenvalue weighted by atomic mass is 16.5. The Morgan fingerprint density at radius 1 is 1.11 bits per heavy atom. The Bertz CT molecular complexity index is 743. The number of benzene rings is 2. The molecule has 3 rings (SSSR count). The summed E-state index contributed by atoms with van der Waals surface area (Å²) < 4.78 is 5.02. The summed E-state index contributed by atoms with van der Waals surface area (Å²) in [6.45, 7) is 2.24. The lowest BCUT2D eigenvalue weighted by Gasteiger charge is -2.03. The summed E-state index contributed by atoms with van der Waals surface area (Å²) in [5.41, 5.74) is 3.10. The number of para-hydroxylation sites is 2. The largest absolute Gasteiger partial charge is 0.466 e. The first-order valence-corrected chi connectivity index (χ1v) is 6.43. The van der Waals surface area contributed by atoms with E-state index in [1.165, 1.54) is 5.39 Å². The van der Waals surface area contributed by atoms with Crippen LogP contribution in [-0.4, -0.2) is 17.6 Å². The van der Waals surface area contributed by atoms with Crippen LogP contribution in [0.15, 0.2) is 42.5 Å². The second-order valence-corrected chi connectivity index (χ2v) is 4.49. The van der Waals surface area contributed by atoms with Crippen LogP contribution < -0.4 is 0 Å². The zero-order chi connectivity index (χ0) is 13.2. The molecule has 1 heterocycles. The third kappa shape index (κ3) is 2.08. The molecule has 1 aromatic heterocycles. The number of hydrogen-bond acceptors (Lipinski definition) is 2. The molecule has 0 saturated heterocycles. The predicted molar refractivity (Wildman–Crippen MR) is 76.1 cm³/mol. The van der Waals surface area contributed by atoms with Crippen molar-refractivity contribution in [3.63, 3.8) is 0 Å². The van der Waals surface area contributed by atoms with Crippen molar-refractivity contribution in [3.05, 3.63) is 48.0 Å². The molecule has 0 fully saturated rings. The van der Waals surface area contributed by atoms with Crippen molar-refractivity contribution >= 4 is 27.8 Å². The van der Waals surface area contributed by atoms with Gasteiger partial charge in [-0.25, -0.2) is 0 Å². The van der Waals surface area contributed by atoms with Crippen molar-refractivity contribution < 1.29 is 9.53 Å². The van der Waals surface area contributed by atoms with Gasteiger partial charge in [0.05, 0.1) is 18.5 Å². The number of hydrogen-bond donors (Lipinski definition) is 1. The third-order valence-electron chi connectivity index (χ3n) is 3.27. The number of aromatic nitrogens is 1. The van der Waals surface area contributed by atoms with Crippen LogP contribution in [0.4, 0.5) is 0 Å². The summed E-state index contributed by atoms with van der Waals surface area (Å²) in [7, 11) is 0. The molecule has 0 spiro atoms. The van der Waals surface area contributed by atoms with Gasteiger partial charge >= 0.3 is 5.97 Å². The summed E-state index contributed by atoms with van der Waals surface area (Å²) in [5.74, 6) is -0.186. The number of aromatic amines is 1. The molecule has 0 aliphatic carbocycles. The molecule has 3 heteroatoms. The zero-order valence-corrected chi connectivity index (χ0v) is 10.8. The molecule has 0 aliphatic heterocycles. The molecule has 96 valence electrons. The molecule has 3 aromatic rings. The second-order valence-electron chi connectivity index (χ2n) is 4.49. The van der Waals surface area contributed by atoms with E-state index < -0.39 is 0 Å². The molecule has 1 N–H and O–H groups in total. The Balaban J connectivity index is 2.12. The van der Waals surface area contributed by atoms with Gasteiger partial charge in [0.25, 0.3) is 0 Å². The lowest BCUT2D eigenvalue weighted by Crippen LogP contribution is -2.07. The van der Waals surface area contributed by atoms with Crippen molar-refractivity contribution in [2.24, 2.45) is 0 Å². The van der Waals surface area contributed by atoms with E-state index in [1.807, 2.05) is 37.3 Å². The van der Waals surface area contributed by atoms with Gasteiger partial charge in [0.15, 0.2) is 0 Å². The van der Waals surface area contributed by atoms with Gasteiger partial charge < -0.3 is 9.72 Å². The maximum atomic E-state index is 11.6. The highest BCUT2D eigenvalue weighted by Crippen LogP contribution is 2.27. The van der Waals surface area contributed by atoms with E-state index in [4.69, 9.17) is 4.74 Å². The number of H-pyrrole nitrogens is 1. The third-order valence-corrected chi connectivity index (χ3v) is 3.27. The number of esters is 1. The van der Waals surface area contributed by atoms with Gasteiger partial charge in [-0.05, 0) is 18.6 Å². The van der Waals surface area contributed by atoms with Crippen molar-refractivity contribution in [2.45, 2.75) is 13.3 Å². The summed E-state index contributed by atoms with van der Waals surface area (Å²) in [5, 5.41) is 2.33. The molecule has 0 aliphatic rings. The number of carbonyl (C=O) groups is 1. The van der Waals surface area contributed by atoms with E-state index in [2.05, 4.69) is 17.1 Å². The minimum absolute atomic E-state index is 0.186. The molecule has 0 amide bonds. The molecule has 0 unspecified atom stereocenters. The van der Waals surface area contributed by atoms with E-state index in [1.54, 1.807) is 0 Å². The molecule has 0 saturated carbocycles. The fourth-order valence-corrected chi connectivity index (χ4v) is 2.45. The number of fused-ring (bicyclic) bond motifs is 3. The molecule has 0 radical (unpaired) electrons. The van der Waals surface area contributed by atoms with Crippen LogP contribution in [-0.2, 0) is 16.0 Å². The van der Waals surface area contributed by atoms with Crippen LogP contribution in [0.25, 0.3) is 21.8 Å². The Hall–Kier alpha value is -2.29. The lowest BCUT2D eigenvalue weighted by molar-refractivity contribution is -0.142. The van der Waals surface area contributed by atoms with Gasteiger partial charge in [-0.1, -0.05) is 36.4 Å². The van der Waals surface area contributed by atoms with Crippen LogP contribution in [0.2, 0.25) is 0 Å². The number of ether oxygens (including phenoxy) is 1. The van der Waals surface area contributed by atoms with Gasteiger partial charge in [0.1, 0.15) is 0 Å². The maximum absolute atomic E-state index is 11.6. The number of carbonyl (C=O) groups excluding carboxylic acids is 1. The SMILES string of the molecule is CCOC(=O)Cc1cccc2c1[nH]c1ccccc12. The Kier molecular flexibility index (Phi) is 2.95. The van der Waals surface area contributed by atoms with Gasteiger partial charge in [0.2, 0.25) is 0 Å². The summed E-state index contributed by atoms with van der Waals surface area (Å²) in [6, 6.07) is 14.2. The van der Waals surface area contributed by atoms with Crippen molar-refractivity contribution in [3.8, 4) is 0 Å². The minimum atomic E-state index is -0.186. The topological polar surface area (TPSA) is 42.1 Å². The molecule has 2 aromatic carbocycles. The smallest absolute Gasteiger partial charge is 0.310 e. The number of nitrogens with one attached hydrogen (secondary N) is 1. The molecule has 0 bridgehead atoms. The summed E-state index contributed by atoms with van der Waals surface area (Å²) in [4.78, 5) is 15.0. The quantitative estimate of drug-likeness (QED) is 0.727. The zero-order valence-electron chi connectivity index (χ0n) is 10.8. The van der Waals surface area contributed by atoms with E-state index in [0.29, 0.717) is 13.0 Å². The lowest BCUT2D eigenvalue weighted by atomic mass is 10.1. The normalized spacial score (nSPS) is 11.0. The Morgan fingerprint density at radius 3 is 2.74 bits per heavy atom. The average molecular weight is 253 g/mol.